The highest BCUT2D eigenvalue weighted by atomic mass is 16.2. The van der Waals surface area contributed by atoms with Crippen LogP contribution in [-0.2, 0) is 4.79 Å². The first-order valence-corrected chi connectivity index (χ1v) is 7.55. The van der Waals surface area contributed by atoms with Crippen LogP contribution in [0.3, 0.4) is 0 Å². The van der Waals surface area contributed by atoms with Crippen LogP contribution >= 0.6 is 0 Å². The Hall–Kier alpha value is -3.01. The summed E-state index contributed by atoms with van der Waals surface area (Å²) in [6.45, 7) is 0. The lowest BCUT2D eigenvalue weighted by atomic mass is 10.0. The highest BCUT2D eigenvalue weighted by Gasteiger charge is 2.28. The van der Waals surface area contributed by atoms with Gasteiger partial charge in [0.15, 0.2) is 0 Å². The van der Waals surface area contributed by atoms with E-state index in [1.54, 1.807) is 0 Å². The second-order valence-electron chi connectivity index (χ2n) is 5.91. The van der Waals surface area contributed by atoms with Crippen molar-refractivity contribution in [3.63, 3.8) is 0 Å². The minimum absolute atomic E-state index is 0.0672. The molecule has 4 rings (SSSR count). The smallest absolute Gasteiger partial charge is 0.258 e. The van der Waals surface area contributed by atoms with Crippen molar-refractivity contribution in [2.45, 2.75) is 0 Å². The van der Waals surface area contributed by atoms with Gasteiger partial charge in [-0.1, -0.05) is 24.3 Å². The first kappa shape index (κ1) is 13.6. The average Bonchev–Trinajstić information content (AvgIpc) is 2.89. The highest BCUT2D eigenvalue weighted by Crippen LogP contribution is 2.38. The zero-order chi connectivity index (χ0) is 16.0. The zero-order valence-electron chi connectivity index (χ0n) is 13.1. The van der Waals surface area contributed by atoms with Crippen LogP contribution in [-0.4, -0.2) is 20.0 Å². The first-order chi connectivity index (χ1) is 11.1. The summed E-state index contributed by atoms with van der Waals surface area (Å²) in [5.41, 5.74) is 6.52. The van der Waals surface area contributed by atoms with Gasteiger partial charge in [-0.15, -0.1) is 0 Å². The van der Waals surface area contributed by atoms with E-state index < -0.39 is 0 Å². The molecule has 0 aromatic heterocycles. The Kier molecular flexibility index (Phi) is 2.98. The lowest BCUT2D eigenvalue weighted by molar-refractivity contribution is -0.110. The number of hydrogen-bond acceptors (Lipinski definition) is 3. The fourth-order valence-electron chi connectivity index (χ4n) is 2.96. The first-order valence-electron chi connectivity index (χ1n) is 7.55. The predicted octanol–water partition coefficient (Wildman–Crippen LogP) is 3.55. The normalized spacial score (nSPS) is 18.1. The molecule has 0 bridgehead atoms. The van der Waals surface area contributed by atoms with Crippen LogP contribution < -0.4 is 15.5 Å². The Bertz CT molecular complexity index is 878. The van der Waals surface area contributed by atoms with Gasteiger partial charge in [-0.2, -0.15) is 0 Å². The SMILES string of the molecule is CN(C)c1ccc2c(c1)C(=C1C=Cc3ccccc3N1)C(=O)N2. The van der Waals surface area contributed by atoms with Crippen LogP contribution in [0, 0.1) is 0 Å². The third-order valence-corrected chi connectivity index (χ3v) is 4.19. The van der Waals surface area contributed by atoms with Crippen molar-refractivity contribution in [1.82, 2.24) is 0 Å². The fraction of sp³-hybridized carbons (Fsp3) is 0.105. The van der Waals surface area contributed by atoms with Crippen LogP contribution in [0.1, 0.15) is 11.1 Å². The summed E-state index contributed by atoms with van der Waals surface area (Å²) in [6, 6.07) is 14.1. The van der Waals surface area contributed by atoms with Crippen LogP contribution in [0.4, 0.5) is 17.1 Å². The topological polar surface area (TPSA) is 44.4 Å². The molecule has 4 heteroatoms. The number of fused-ring (bicyclic) bond motifs is 2. The number of allylic oxidation sites excluding steroid dienone is 1. The molecule has 0 aliphatic carbocycles. The molecular formula is C19H17N3O. The Morgan fingerprint density at radius 2 is 1.74 bits per heavy atom. The fourth-order valence-corrected chi connectivity index (χ4v) is 2.96. The van der Waals surface area contributed by atoms with E-state index in [1.165, 1.54) is 0 Å². The third-order valence-electron chi connectivity index (χ3n) is 4.19. The minimum atomic E-state index is -0.0672. The lowest BCUT2D eigenvalue weighted by Crippen LogP contribution is -2.11. The van der Waals surface area contributed by atoms with Crippen LogP contribution in [0.25, 0.3) is 11.6 Å². The molecule has 0 radical (unpaired) electrons. The number of carbonyl (C=O) groups excluding carboxylic acids is 1. The molecule has 2 aromatic rings. The molecule has 0 saturated heterocycles. The maximum absolute atomic E-state index is 12.5. The molecule has 2 aromatic carbocycles. The van der Waals surface area contributed by atoms with Crippen molar-refractivity contribution in [2.24, 2.45) is 0 Å². The number of nitrogens with one attached hydrogen (secondary N) is 2. The molecule has 2 heterocycles. The number of rotatable bonds is 1. The molecular weight excluding hydrogens is 286 g/mol. The third kappa shape index (κ3) is 2.19. The summed E-state index contributed by atoms with van der Waals surface area (Å²) in [6.07, 6.45) is 4.00. The molecule has 2 aliphatic rings. The second-order valence-corrected chi connectivity index (χ2v) is 5.91. The Morgan fingerprint density at radius 3 is 2.57 bits per heavy atom. The molecule has 0 unspecified atom stereocenters. The van der Waals surface area contributed by atoms with E-state index in [-0.39, 0.29) is 5.91 Å². The zero-order valence-corrected chi connectivity index (χ0v) is 13.1. The highest BCUT2D eigenvalue weighted by molar-refractivity contribution is 6.33. The van der Waals surface area contributed by atoms with E-state index >= 15 is 0 Å². The Labute approximate surface area is 135 Å². The van der Waals surface area contributed by atoms with Gasteiger partial charge in [0, 0.05) is 36.7 Å². The maximum atomic E-state index is 12.5. The van der Waals surface area contributed by atoms with Gasteiger partial charge in [-0.25, -0.2) is 0 Å². The molecule has 0 atom stereocenters. The molecule has 0 fully saturated rings. The van der Waals surface area contributed by atoms with Gasteiger partial charge in [0.2, 0.25) is 0 Å². The number of nitrogens with zero attached hydrogens (tertiary/aromatic N) is 1. The van der Waals surface area contributed by atoms with Gasteiger partial charge in [0.1, 0.15) is 0 Å². The van der Waals surface area contributed by atoms with E-state index in [2.05, 4.69) is 10.6 Å². The predicted molar refractivity (Wildman–Crippen MR) is 95.4 cm³/mol. The van der Waals surface area contributed by atoms with Gasteiger partial charge >= 0.3 is 0 Å². The van der Waals surface area contributed by atoms with Crippen molar-refractivity contribution in [3.05, 3.63) is 65.4 Å². The summed E-state index contributed by atoms with van der Waals surface area (Å²) in [7, 11) is 3.99. The van der Waals surface area contributed by atoms with Crippen molar-refractivity contribution < 1.29 is 4.79 Å². The molecule has 0 saturated carbocycles. The van der Waals surface area contributed by atoms with Gasteiger partial charge in [-0.05, 0) is 35.9 Å². The number of carbonyl (C=O) groups is 1. The van der Waals surface area contributed by atoms with Crippen molar-refractivity contribution in [2.75, 3.05) is 29.6 Å². The minimum Gasteiger partial charge on any atom is -0.378 e. The Morgan fingerprint density at radius 1 is 0.913 bits per heavy atom. The largest absolute Gasteiger partial charge is 0.378 e. The van der Waals surface area contributed by atoms with Gasteiger partial charge < -0.3 is 15.5 Å². The monoisotopic (exact) mass is 303 g/mol. The van der Waals surface area contributed by atoms with Gasteiger partial charge in [-0.3, -0.25) is 4.79 Å². The quantitative estimate of drug-likeness (QED) is 0.792. The molecule has 1 amide bonds. The summed E-state index contributed by atoms with van der Waals surface area (Å²) < 4.78 is 0. The van der Waals surface area contributed by atoms with E-state index in [0.29, 0.717) is 5.57 Å². The number of para-hydroxylation sites is 1. The Balaban J connectivity index is 1.85. The number of hydrogen-bond donors (Lipinski definition) is 2. The van der Waals surface area contributed by atoms with Crippen molar-refractivity contribution in [1.29, 1.82) is 0 Å². The van der Waals surface area contributed by atoms with E-state index in [4.69, 9.17) is 0 Å². The van der Waals surface area contributed by atoms with E-state index in [1.807, 2.05) is 73.6 Å². The standard InChI is InChI=1S/C19H17N3O/c1-22(2)13-8-10-16-14(11-13)18(19(23)21-16)17-9-7-12-5-3-4-6-15(12)20-17/h3-11,20H,1-2H3,(H,21,23). The maximum Gasteiger partial charge on any atom is 0.258 e. The summed E-state index contributed by atoms with van der Waals surface area (Å²) in [5, 5.41) is 6.32. The second kappa shape index (κ2) is 5.02. The molecule has 2 aliphatic heterocycles. The summed E-state index contributed by atoms with van der Waals surface area (Å²) in [4.78, 5) is 14.5. The van der Waals surface area contributed by atoms with Gasteiger partial charge in [0.25, 0.3) is 5.91 Å². The van der Waals surface area contributed by atoms with E-state index in [0.717, 1.165) is 33.9 Å². The van der Waals surface area contributed by atoms with Gasteiger partial charge in [0.05, 0.1) is 11.3 Å². The van der Waals surface area contributed by atoms with Crippen molar-refractivity contribution >= 4 is 34.6 Å². The van der Waals surface area contributed by atoms with Crippen LogP contribution in [0.15, 0.2) is 54.2 Å². The number of benzene rings is 2. The molecule has 4 nitrogen and oxygen atoms in total. The van der Waals surface area contributed by atoms with E-state index in [9.17, 15) is 4.79 Å². The van der Waals surface area contributed by atoms with Crippen LogP contribution in [0.2, 0.25) is 0 Å². The molecule has 0 spiro atoms. The average molecular weight is 303 g/mol. The summed E-state index contributed by atoms with van der Waals surface area (Å²) >= 11 is 0. The van der Waals surface area contributed by atoms with Crippen molar-refractivity contribution in [3.8, 4) is 0 Å². The lowest BCUT2D eigenvalue weighted by Gasteiger charge is -2.18. The summed E-state index contributed by atoms with van der Waals surface area (Å²) in [5.74, 6) is -0.0672. The molecule has 23 heavy (non-hydrogen) atoms. The number of anilines is 3. The molecule has 2 N–H and O–H groups in total. The van der Waals surface area contributed by atoms with Crippen LogP contribution in [0.5, 0.6) is 0 Å². The molecule has 114 valence electrons. The number of amides is 1.